The molecule has 0 aliphatic carbocycles. The lowest BCUT2D eigenvalue weighted by molar-refractivity contribution is -0.125. The minimum atomic E-state index is -1.07. The van der Waals surface area contributed by atoms with E-state index in [0.29, 0.717) is 18.8 Å². The van der Waals surface area contributed by atoms with Crippen molar-refractivity contribution in [3.63, 3.8) is 0 Å². The molecule has 8 nitrogen and oxygen atoms in total. The quantitative estimate of drug-likeness (QED) is 0.697. The topological polar surface area (TPSA) is 98.8 Å². The second kappa shape index (κ2) is 6.04. The molecule has 3 rings (SSSR count). The highest BCUT2D eigenvalue weighted by atomic mass is 16.2. The first-order valence-corrected chi connectivity index (χ1v) is 7.66. The molecule has 24 heavy (non-hydrogen) atoms. The van der Waals surface area contributed by atoms with Crippen LogP contribution in [0.2, 0.25) is 0 Å². The zero-order valence-corrected chi connectivity index (χ0v) is 13.5. The maximum absolute atomic E-state index is 12.8. The lowest BCUT2D eigenvalue weighted by atomic mass is 10.1. The van der Waals surface area contributed by atoms with Gasteiger partial charge in [0.2, 0.25) is 11.8 Å². The molecule has 1 fully saturated rings. The van der Waals surface area contributed by atoms with Gasteiger partial charge in [-0.3, -0.25) is 29.4 Å². The highest BCUT2D eigenvalue weighted by Gasteiger charge is 2.47. The van der Waals surface area contributed by atoms with Crippen LogP contribution < -0.4 is 15.5 Å². The molecule has 2 aliphatic heterocycles. The van der Waals surface area contributed by atoms with Crippen LogP contribution in [-0.2, 0) is 9.59 Å². The van der Waals surface area contributed by atoms with Crippen LogP contribution in [0.4, 0.5) is 5.69 Å². The third-order valence-corrected chi connectivity index (χ3v) is 4.29. The lowest BCUT2D eigenvalue weighted by Gasteiger charge is -2.22. The number of nitrogens with zero attached hydrogens (tertiary/aromatic N) is 2. The summed E-state index contributed by atoms with van der Waals surface area (Å²) in [5, 5.41) is 5.16. The third-order valence-electron chi connectivity index (χ3n) is 4.29. The summed E-state index contributed by atoms with van der Waals surface area (Å²) in [6.45, 7) is 1.36. The molecule has 1 unspecified atom stereocenters. The Labute approximate surface area is 138 Å². The van der Waals surface area contributed by atoms with Gasteiger partial charge in [0.1, 0.15) is 6.04 Å². The molecule has 1 aromatic carbocycles. The van der Waals surface area contributed by atoms with Crippen LogP contribution in [0.1, 0.15) is 27.1 Å². The van der Waals surface area contributed by atoms with E-state index in [4.69, 9.17) is 0 Å². The minimum absolute atomic E-state index is 0.185. The highest BCUT2D eigenvalue weighted by Crippen LogP contribution is 2.33. The van der Waals surface area contributed by atoms with Gasteiger partial charge in [0.25, 0.3) is 11.8 Å². The number of carbonyl (C=O) groups is 4. The maximum atomic E-state index is 12.8. The molecular formula is C16H18N4O4. The number of hydrogen-bond acceptors (Lipinski definition) is 6. The molecule has 0 saturated carbocycles. The zero-order valence-electron chi connectivity index (χ0n) is 13.5. The average molecular weight is 330 g/mol. The Morgan fingerprint density at radius 1 is 1.25 bits per heavy atom. The van der Waals surface area contributed by atoms with Crippen LogP contribution in [-0.4, -0.2) is 61.8 Å². The van der Waals surface area contributed by atoms with Crippen LogP contribution in [0.25, 0.3) is 0 Å². The van der Waals surface area contributed by atoms with E-state index < -0.39 is 29.7 Å². The van der Waals surface area contributed by atoms with Gasteiger partial charge in [-0.15, -0.1) is 0 Å². The number of likely N-dealkylation sites (N-methyl/N-ethyl adjacent to an activating group) is 2. The molecule has 2 N–H and O–H groups in total. The monoisotopic (exact) mass is 330 g/mol. The summed E-state index contributed by atoms with van der Waals surface area (Å²) in [5.74, 6) is -2.15. The molecule has 1 saturated heterocycles. The predicted octanol–water partition coefficient (Wildman–Crippen LogP) is -0.647. The van der Waals surface area contributed by atoms with Gasteiger partial charge in [0.05, 0.1) is 23.2 Å². The van der Waals surface area contributed by atoms with Crippen LogP contribution in [0.3, 0.4) is 0 Å². The van der Waals surface area contributed by atoms with E-state index in [1.54, 1.807) is 18.2 Å². The number of nitrogens with one attached hydrogen (secondary N) is 2. The molecule has 0 aromatic heterocycles. The lowest BCUT2D eigenvalue weighted by Crippen LogP contribution is -2.44. The third kappa shape index (κ3) is 2.44. The molecule has 0 radical (unpaired) electrons. The van der Waals surface area contributed by atoms with E-state index >= 15 is 0 Å². The van der Waals surface area contributed by atoms with Gasteiger partial charge in [-0.1, -0.05) is 6.07 Å². The van der Waals surface area contributed by atoms with Crippen molar-refractivity contribution in [2.24, 2.45) is 0 Å². The number of anilines is 1. The standard InChI is InChI=1S/C16H18N4O4/c1-17-6-7-19(2)10-5-3-4-9-13(10)16(24)20(15(9)23)11-8-12(21)18-14(11)22/h3-5,11,17H,6-8H2,1-2H3,(H,18,21,22). The number of imide groups is 2. The average Bonchev–Trinajstić information content (AvgIpc) is 3.01. The van der Waals surface area contributed by atoms with Crippen molar-refractivity contribution in [3.05, 3.63) is 29.3 Å². The number of rotatable bonds is 5. The summed E-state index contributed by atoms with van der Waals surface area (Å²) < 4.78 is 0. The van der Waals surface area contributed by atoms with Gasteiger partial charge in [-0.25, -0.2) is 0 Å². The summed E-state index contributed by atoms with van der Waals surface area (Å²) in [5.41, 5.74) is 1.18. The van der Waals surface area contributed by atoms with Crippen molar-refractivity contribution in [2.45, 2.75) is 12.5 Å². The fourth-order valence-corrected chi connectivity index (χ4v) is 3.04. The van der Waals surface area contributed by atoms with Crippen molar-refractivity contribution in [1.29, 1.82) is 0 Å². The van der Waals surface area contributed by atoms with E-state index in [-0.39, 0.29) is 17.5 Å². The highest BCUT2D eigenvalue weighted by molar-refractivity contribution is 6.26. The summed E-state index contributed by atoms with van der Waals surface area (Å²) in [6.07, 6.45) is -0.185. The van der Waals surface area contributed by atoms with Gasteiger partial charge in [0, 0.05) is 20.1 Å². The van der Waals surface area contributed by atoms with Crippen LogP contribution in [0.15, 0.2) is 18.2 Å². The SMILES string of the molecule is CNCCN(C)c1cccc2c1C(=O)N(C1CC(=O)NC1=O)C2=O. The van der Waals surface area contributed by atoms with Crippen LogP contribution >= 0.6 is 0 Å². The fourth-order valence-electron chi connectivity index (χ4n) is 3.04. The first-order valence-electron chi connectivity index (χ1n) is 7.66. The molecule has 1 atom stereocenters. The maximum Gasteiger partial charge on any atom is 0.264 e. The molecule has 0 spiro atoms. The van der Waals surface area contributed by atoms with Gasteiger partial charge in [-0.05, 0) is 19.2 Å². The molecule has 2 aliphatic rings. The Kier molecular flexibility index (Phi) is 4.06. The smallest absolute Gasteiger partial charge is 0.264 e. The number of benzene rings is 1. The summed E-state index contributed by atoms with van der Waals surface area (Å²) in [4.78, 5) is 51.5. The van der Waals surface area contributed by atoms with E-state index in [2.05, 4.69) is 10.6 Å². The van der Waals surface area contributed by atoms with Gasteiger partial charge in [-0.2, -0.15) is 0 Å². The number of amides is 4. The Hall–Kier alpha value is -2.74. The minimum Gasteiger partial charge on any atom is -0.373 e. The molecule has 1 aromatic rings. The second-order valence-corrected chi connectivity index (χ2v) is 5.84. The van der Waals surface area contributed by atoms with Crippen LogP contribution in [0.5, 0.6) is 0 Å². The number of fused-ring (bicyclic) bond motifs is 1. The fraction of sp³-hybridized carbons (Fsp3) is 0.375. The Bertz CT molecular complexity index is 746. The summed E-state index contributed by atoms with van der Waals surface area (Å²) >= 11 is 0. The predicted molar refractivity (Wildman–Crippen MR) is 85.7 cm³/mol. The van der Waals surface area contributed by atoms with E-state index in [1.165, 1.54) is 0 Å². The van der Waals surface area contributed by atoms with E-state index in [1.807, 2.05) is 19.0 Å². The van der Waals surface area contributed by atoms with E-state index in [9.17, 15) is 19.2 Å². The van der Waals surface area contributed by atoms with E-state index in [0.717, 1.165) is 4.90 Å². The van der Waals surface area contributed by atoms with Gasteiger partial charge >= 0.3 is 0 Å². The summed E-state index contributed by atoms with van der Waals surface area (Å²) in [7, 11) is 3.66. The molecule has 2 heterocycles. The number of carbonyl (C=O) groups excluding carboxylic acids is 4. The first kappa shape index (κ1) is 16.1. The molecule has 4 amide bonds. The van der Waals surface area contributed by atoms with Crippen molar-refractivity contribution in [3.8, 4) is 0 Å². The second-order valence-electron chi connectivity index (χ2n) is 5.84. The van der Waals surface area contributed by atoms with Crippen LogP contribution in [0, 0.1) is 0 Å². The van der Waals surface area contributed by atoms with Gasteiger partial charge in [0.15, 0.2) is 0 Å². The first-order chi connectivity index (χ1) is 11.5. The normalized spacial score (nSPS) is 19.8. The molecule has 0 bridgehead atoms. The summed E-state index contributed by atoms with van der Waals surface area (Å²) in [6, 6.07) is 3.97. The van der Waals surface area contributed by atoms with Crippen molar-refractivity contribution >= 4 is 29.3 Å². The molecule has 126 valence electrons. The molecular weight excluding hydrogens is 312 g/mol. The Morgan fingerprint density at radius 3 is 2.62 bits per heavy atom. The zero-order chi connectivity index (χ0) is 17.4. The number of hydrogen-bond donors (Lipinski definition) is 2. The largest absolute Gasteiger partial charge is 0.373 e. The van der Waals surface area contributed by atoms with Crippen molar-refractivity contribution < 1.29 is 19.2 Å². The Morgan fingerprint density at radius 2 is 2.00 bits per heavy atom. The Balaban J connectivity index is 1.97. The van der Waals surface area contributed by atoms with Crippen molar-refractivity contribution in [2.75, 3.05) is 32.1 Å². The van der Waals surface area contributed by atoms with Gasteiger partial charge < -0.3 is 10.2 Å². The molecule has 8 heteroatoms. The van der Waals surface area contributed by atoms with Crippen molar-refractivity contribution in [1.82, 2.24) is 15.5 Å².